The summed E-state index contributed by atoms with van der Waals surface area (Å²) in [5, 5.41) is 10.8. The fourth-order valence-electron chi connectivity index (χ4n) is 3.54. The monoisotopic (exact) mass is 296 g/mol. The molecule has 1 saturated heterocycles. The molecule has 1 fully saturated rings. The lowest BCUT2D eigenvalue weighted by Crippen LogP contribution is -2.41. The van der Waals surface area contributed by atoms with Gasteiger partial charge in [0.05, 0.1) is 12.7 Å². The molecule has 2 nitrogen and oxygen atoms in total. The average molecular weight is 296 g/mol. The second-order valence-electron chi connectivity index (χ2n) is 6.38. The van der Waals surface area contributed by atoms with Crippen molar-refractivity contribution in [2.24, 2.45) is 5.41 Å². The first-order chi connectivity index (χ1) is 10.8. The molecule has 22 heavy (non-hydrogen) atoms. The molecule has 2 aromatic carbocycles. The van der Waals surface area contributed by atoms with E-state index in [9.17, 15) is 5.11 Å². The summed E-state index contributed by atoms with van der Waals surface area (Å²) in [6.07, 6.45) is 3.38. The van der Waals surface area contributed by atoms with Gasteiger partial charge in [-0.25, -0.2) is 0 Å². The summed E-state index contributed by atoms with van der Waals surface area (Å²) < 4.78 is 5.59. The molecule has 0 saturated carbocycles. The lowest BCUT2D eigenvalue weighted by molar-refractivity contribution is -0.0210. The second kappa shape index (κ2) is 7.08. The van der Waals surface area contributed by atoms with Crippen LogP contribution in [-0.2, 0) is 17.6 Å². The molecule has 1 N–H and O–H groups in total. The van der Waals surface area contributed by atoms with Crippen molar-refractivity contribution in [3.05, 3.63) is 71.8 Å². The lowest BCUT2D eigenvalue weighted by atomic mass is 9.70. The Kier molecular flexibility index (Phi) is 4.91. The van der Waals surface area contributed by atoms with Crippen molar-refractivity contribution in [2.75, 3.05) is 13.2 Å². The summed E-state index contributed by atoms with van der Waals surface area (Å²) in [7, 11) is 0. The number of benzene rings is 2. The molecule has 1 aliphatic rings. The van der Waals surface area contributed by atoms with Crippen LogP contribution in [0.25, 0.3) is 0 Å². The van der Waals surface area contributed by atoms with Crippen LogP contribution < -0.4 is 0 Å². The summed E-state index contributed by atoms with van der Waals surface area (Å²) in [4.78, 5) is 0. The Morgan fingerprint density at radius 1 is 0.909 bits per heavy atom. The van der Waals surface area contributed by atoms with E-state index in [4.69, 9.17) is 4.74 Å². The number of aliphatic hydroxyl groups is 1. The van der Waals surface area contributed by atoms with Crippen molar-refractivity contribution in [3.63, 3.8) is 0 Å². The van der Waals surface area contributed by atoms with Crippen LogP contribution in [0.1, 0.15) is 24.0 Å². The molecule has 1 heterocycles. The maximum atomic E-state index is 10.8. The first kappa shape index (κ1) is 15.3. The van der Waals surface area contributed by atoms with Crippen LogP contribution in [0, 0.1) is 5.41 Å². The van der Waals surface area contributed by atoms with Crippen molar-refractivity contribution < 1.29 is 9.84 Å². The van der Waals surface area contributed by atoms with Gasteiger partial charge in [-0.3, -0.25) is 0 Å². The van der Waals surface area contributed by atoms with Gasteiger partial charge < -0.3 is 9.84 Å². The van der Waals surface area contributed by atoms with Crippen molar-refractivity contribution in [1.82, 2.24) is 0 Å². The molecule has 0 bridgehead atoms. The molecule has 2 aromatic rings. The molecule has 1 aliphatic heterocycles. The van der Waals surface area contributed by atoms with Gasteiger partial charge in [-0.15, -0.1) is 0 Å². The number of ether oxygens (including phenoxy) is 1. The zero-order chi connectivity index (χ0) is 15.3. The maximum absolute atomic E-state index is 10.8. The van der Waals surface area contributed by atoms with E-state index < -0.39 is 6.10 Å². The molecular formula is C20H24O2. The van der Waals surface area contributed by atoms with E-state index in [0.29, 0.717) is 6.61 Å². The highest BCUT2D eigenvalue weighted by molar-refractivity contribution is 5.22. The van der Waals surface area contributed by atoms with E-state index in [0.717, 1.165) is 32.3 Å². The van der Waals surface area contributed by atoms with Gasteiger partial charge in [0, 0.05) is 12.0 Å². The van der Waals surface area contributed by atoms with Crippen LogP contribution in [0.4, 0.5) is 0 Å². The van der Waals surface area contributed by atoms with Gasteiger partial charge in [0.15, 0.2) is 0 Å². The smallest absolute Gasteiger partial charge is 0.0836 e. The van der Waals surface area contributed by atoms with E-state index in [-0.39, 0.29) is 5.41 Å². The highest BCUT2D eigenvalue weighted by atomic mass is 16.5. The third-order valence-electron chi connectivity index (χ3n) is 4.74. The Balaban J connectivity index is 1.90. The standard InChI is InChI=1S/C20H24O2/c21-19-16-22-13-7-12-20(19,14-17-8-3-1-4-9-17)15-18-10-5-2-6-11-18/h1-6,8-11,19,21H,7,12-16H2. The highest BCUT2D eigenvalue weighted by Gasteiger charge is 2.39. The molecule has 0 aliphatic carbocycles. The van der Waals surface area contributed by atoms with Crippen LogP contribution in [0.5, 0.6) is 0 Å². The summed E-state index contributed by atoms with van der Waals surface area (Å²) >= 11 is 0. The van der Waals surface area contributed by atoms with Gasteiger partial charge in [-0.1, -0.05) is 60.7 Å². The van der Waals surface area contributed by atoms with E-state index in [1.54, 1.807) is 0 Å². The summed E-state index contributed by atoms with van der Waals surface area (Å²) in [5.41, 5.74) is 2.44. The first-order valence-corrected chi connectivity index (χ1v) is 8.12. The Labute approximate surface area is 132 Å². The SMILES string of the molecule is OC1COCCCC1(Cc1ccccc1)Cc1ccccc1. The third kappa shape index (κ3) is 3.57. The van der Waals surface area contributed by atoms with Crippen molar-refractivity contribution >= 4 is 0 Å². The lowest BCUT2D eigenvalue weighted by Gasteiger charge is -2.37. The van der Waals surface area contributed by atoms with Gasteiger partial charge in [-0.05, 0) is 36.8 Å². The van der Waals surface area contributed by atoms with E-state index in [1.165, 1.54) is 11.1 Å². The van der Waals surface area contributed by atoms with Crippen LogP contribution >= 0.6 is 0 Å². The summed E-state index contributed by atoms with van der Waals surface area (Å²) in [5.74, 6) is 0. The average Bonchev–Trinajstić information content (AvgIpc) is 2.72. The Morgan fingerprint density at radius 3 is 2.00 bits per heavy atom. The van der Waals surface area contributed by atoms with Crippen LogP contribution in [0.2, 0.25) is 0 Å². The quantitative estimate of drug-likeness (QED) is 0.933. The van der Waals surface area contributed by atoms with E-state index in [1.807, 2.05) is 12.1 Å². The molecule has 116 valence electrons. The Bertz CT molecular complexity index is 523. The minimum absolute atomic E-state index is 0.140. The van der Waals surface area contributed by atoms with Crippen LogP contribution in [0.15, 0.2) is 60.7 Å². The number of hydrogen-bond acceptors (Lipinski definition) is 2. The minimum atomic E-state index is -0.421. The van der Waals surface area contributed by atoms with Gasteiger partial charge in [0.2, 0.25) is 0 Å². The summed E-state index contributed by atoms with van der Waals surface area (Å²) in [6.45, 7) is 1.20. The number of hydrogen-bond donors (Lipinski definition) is 1. The molecule has 2 heteroatoms. The zero-order valence-electron chi connectivity index (χ0n) is 12.9. The molecular weight excluding hydrogens is 272 g/mol. The minimum Gasteiger partial charge on any atom is -0.390 e. The topological polar surface area (TPSA) is 29.5 Å². The highest BCUT2D eigenvalue weighted by Crippen LogP contribution is 2.38. The molecule has 0 spiro atoms. The van der Waals surface area contributed by atoms with Crippen molar-refractivity contribution in [1.29, 1.82) is 0 Å². The molecule has 3 rings (SSSR count). The predicted octanol–water partition coefficient (Wildman–Crippen LogP) is 3.63. The zero-order valence-corrected chi connectivity index (χ0v) is 12.9. The van der Waals surface area contributed by atoms with Gasteiger partial charge in [0.1, 0.15) is 0 Å². The largest absolute Gasteiger partial charge is 0.390 e. The van der Waals surface area contributed by atoms with Crippen molar-refractivity contribution in [3.8, 4) is 0 Å². The van der Waals surface area contributed by atoms with Gasteiger partial charge in [0.25, 0.3) is 0 Å². The number of aliphatic hydroxyl groups excluding tert-OH is 1. The van der Waals surface area contributed by atoms with Gasteiger partial charge in [-0.2, -0.15) is 0 Å². The summed E-state index contributed by atoms with van der Waals surface area (Å²) in [6, 6.07) is 21.0. The van der Waals surface area contributed by atoms with Crippen molar-refractivity contribution in [2.45, 2.75) is 31.8 Å². The fraction of sp³-hybridized carbons (Fsp3) is 0.400. The molecule has 0 aromatic heterocycles. The second-order valence-corrected chi connectivity index (χ2v) is 6.38. The first-order valence-electron chi connectivity index (χ1n) is 8.12. The Morgan fingerprint density at radius 2 is 1.45 bits per heavy atom. The predicted molar refractivity (Wildman–Crippen MR) is 88.8 cm³/mol. The van der Waals surface area contributed by atoms with E-state index >= 15 is 0 Å². The molecule has 1 unspecified atom stereocenters. The molecule has 0 amide bonds. The normalized spacial score (nSPS) is 21.2. The molecule has 0 radical (unpaired) electrons. The van der Waals surface area contributed by atoms with E-state index in [2.05, 4.69) is 48.5 Å². The maximum Gasteiger partial charge on any atom is 0.0836 e. The Hall–Kier alpha value is -1.64. The molecule has 1 atom stereocenters. The van der Waals surface area contributed by atoms with Crippen LogP contribution in [0.3, 0.4) is 0 Å². The fourth-order valence-corrected chi connectivity index (χ4v) is 3.54. The third-order valence-corrected chi connectivity index (χ3v) is 4.74. The van der Waals surface area contributed by atoms with Gasteiger partial charge >= 0.3 is 0 Å². The van der Waals surface area contributed by atoms with Crippen LogP contribution in [-0.4, -0.2) is 24.4 Å². The number of rotatable bonds is 4.